The van der Waals surface area contributed by atoms with E-state index in [2.05, 4.69) is 34.5 Å². The summed E-state index contributed by atoms with van der Waals surface area (Å²) in [5.41, 5.74) is 3.41. The van der Waals surface area contributed by atoms with E-state index in [1.807, 2.05) is 49.1 Å². The Morgan fingerprint density at radius 2 is 1.80 bits per heavy atom. The summed E-state index contributed by atoms with van der Waals surface area (Å²) in [5, 5.41) is 8.41. The van der Waals surface area contributed by atoms with Crippen molar-refractivity contribution in [3.63, 3.8) is 0 Å². The lowest BCUT2D eigenvalue weighted by Gasteiger charge is -2.33. The number of carbonyl (C=O) groups is 1. The van der Waals surface area contributed by atoms with Crippen LogP contribution in [0, 0.1) is 6.92 Å². The number of thioether (sulfide) groups is 1. The summed E-state index contributed by atoms with van der Waals surface area (Å²) in [6.45, 7) is 8.46. The molecule has 0 spiro atoms. The van der Waals surface area contributed by atoms with Crippen LogP contribution in [-0.4, -0.2) is 52.4 Å². The van der Waals surface area contributed by atoms with Crippen molar-refractivity contribution in [3.05, 3.63) is 65.7 Å². The van der Waals surface area contributed by atoms with Crippen LogP contribution in [-0.2, 0) is 11.3 Å². The quantitative estimate of drug-likeness (QED) is 0.617. The Morgan fingerprint density at radius 1 is 1.10 bits per heavy atom. The van der Waals surface area contributed by atoms with Crippen LogP contribution in [0.1, 0.15) is 18.1 Å². The molecule has 6 nitrogen and oxygen atoms in total. The molecule has 2 aromatic carbocycles. The minimum atomic E-state index is -0.257. The van der Waals surface area contributed by atoms with E-state index in [1.165, 1.54) is 27.8 Å². The third-order valence-electron chi connectivity index (χ3n) is 5.41. The molecule has 1 atom stereocenters. The number of aromatic nitrogens is 2. The number of carbonyl (C=O) groups excluding carboxylic acids is 1. The molecule has 1 aliphatic rings. The number of hydrogen-bond acceptors (Lipinski definition) is 5. The molecule has 1 aromatic heterocycles. The Kier molecular flexibility index (Phi) is 6.50. The summed E-state index contributed by atoms with van der Waals surface area (Å²) >= 11 is 1.33. The first-order valence-corrected chi connectivity index (χ1v) is 11.2. The minimum absolute atomic E-state index is 0.133. The van der Waals surface area contributed by atoms with Gasteiger partial charge < -0.3 is 14.2 Å². The Hall–Kier alpha value is -2.64. The Labute approximate surface area is 181 Å². The number of nitrogens with one attached hydrogen (secondary N) is 1. The number of rotatable bonds is 6. The third kappa shape index (κ3) is 5.09. The van der Waals surface area contributed by atoms with E-state index in [0.29, 0.717) is 11.1 Å². The fraction of sp³-hybridized carbons (Fsp3) is 0.348. The second-order valence-electron chi connectivity index (χ2n) is 7.74. The molecule has 4 rings (SSSR count). The fourth-order valence-electron chi connectivity index (χ4n) is 3.63. The van der Waals surface area contributed by atoms with Crippen LogP contribution in [0.15, 0.2) is 64.2 Å². The molecule has 1 N–H and O–H groups in total. The maximum absolute atomic E-state index is 12.9. The van der Waals surface area contributed by atoms with Crippen LogP contribution in [0.4, 0.5) is 0 Å². The van der Waals surface area contributed by atoms with Gasteiger partial charge in [0.2, 0.25) is 11.8 Å². The van der Waals surface area contributed by atoms with Gasteiger partial charge in [0.1, 0.15) is 6.54 Å². The van der Waals surface area contributed by atoms with Gasteiger partial charge in [0.05, 0.1) is 31.4 Å². The molecular formula is C23H27N4O2S+. The van der Waals surface area contributed by atoms with Crippen molar-refractivity contribution in [1.29, 1.82) is 0 Å². The van der Waals surface area contributed by atoms with Gasteiger partial charge in [-0.15, -0.1) is 10.2 Å². The van der Waals surface area contributed by atoms with Crippen molar-refractivity contribution in [2.75, 3.05) is 26.2 Å². The van der Waals surface area contributed by atoms with E-state index >= 15 is 0 Å². The monoisotopic (exact) mass is 423 g/mol. The zero-order valence-corrected chi connectivity index (χ0v) is 18.2. The van der Waals surface area contributed by atoms with Gasteiger partial charge >= 0.3 is 0 Å². The third-order valence-corrected chi connectivity index (χ3v) is 6.33. The van der Waals surface area contributed by atoms with Gasteiger partial charge in [-0.05, 0) is 26.0 Å². The SMILES string of the molecule is Cc1ccc(-c2nnc(S[C@H](C)C(=O)N3CC[NH+](Cc4ccccc4)CC3)o2)cc1. The average molecular weight is 424 g/mol. The number of nitrogens with zero attached hydrogens (tertiary/aromatic N) is 3. The predicted octanol–water partition coefficient (Wildman–Crippen LogP) is 2.45. The standard InChI is InChI=1S/C23H26N4O2S/c1-17-8-10-20(11-9-17)21-24-25-23(29-21)30-18(2)22(28)27-14-12-26(13-15-27)16-19-6-4-3-5-7-19/h3-11,18H,12-16H2,1-2H3/p+1/t18-/m1/s1. The first-order chi connectivity index (χ1) is 14.6. The Bertz CT molecular complexity index is 966. The zero-order chi connectivity index (χ0) is 20.9. The lowest BCUT2D eigenvalue weighted by Crippen LogP contribution is -3.13. The van der Waals surface area contributed by atoms with E-state index in [0.717, 1.165) is 38.3 Å². The van der Waals surface area contributed by atoms with Crippen molar-refractivity contribution in [1.82, 2.24) is 15.1 Å². The lowest BCUT2D eigenvalue weighted by molar-refractivity contribution is -0.917. The topological polar surface area (TPSA) is 63.7 Å². The van der Waals surface area contributed by atoms with Crippen molar-refractivity contribution in [2.24, 2.45) is 0 Å². The van der Waals surface area contributed by atoms with E-state index in [4.69, 9.17) is 4.42 Å². The predicted molar refractivity (Wildman–Crippen MR) is 117 cm³/mol. The van der Waals surface area contributed by atoms with Crippen molar-refractivity contribution < 1.29 is 14.1 Å². The highest BCUT2D eigenvalue weighted by Gasteiger charge is 2.28. The molecule has 2 heterocycles. The highest BCUT2D eigenvalue weighted by atomic mass is 32.2. The van der Waals surface area contributed by atoms with E-state index in [9.17, 15) is 4.79 Å². The average Bonchev–Trinajstić information content (AvgIpc) is 3.23. The van der Waals surface area contributed by atoms with Crippen LogP contribution in [0.5, 0.6) is 0 Å². The summed E-state index contributed by atoms with van der Waals surface area (Å²) in [4.78, 5) is 16.4. The highest BCUT2D eigenvalue weighted by Crippen LogP contribution is 2.27. The normalized spacial score (nSPS) is 15.9. The maximum Gasteiger partial charge on any atom is 0.277 e. The second-order valence-corrected chi connectivity index (χ2v) is 9.03. The molecule has 0 unspecified atom stereocenters. The van der Waals surface area contributed by atoms with Gasteiger partial charge in [-0.1, -0.05) is 59.8 Å². The van der Waals surface area contributed by atoms with Gasteiger partial charge in [-0.25, -0.2) is 0 Å². The minimum Gasteiger partial charge on any atom is -0.411 e. The molecule has 0 bridgehead atoms. The molecule has 1 amide bonds. The molecule has 30 heavy (non-hydrogen) atoms. The molecule has 1 fully saturated rings. The van der Waals surface area contributed by atoms with Crippen LogP contribution in [0.3, 0.4) is 0 Å². The Morgan fingerprint density at radius 3 is 2.50 bits per heavy atom. The smallest absolute Gasteiger partial charge is 0.277 e. The van der Waals surface area contributed by atoms with Crippen LogP contribution >= 0.6 is 11.8 Å². The number of hydrogen-bond donors (Lipinski definition) is 1. The summed E-state index contributed by atoms with van der Waals surface area (Å²) in [6, 6.07) is 18.5. The molecular weight excluding hydrogens is 396 g/mol. The molecule has 0 aliphatic carbocycles. The van der Waals surface area contributed by atoms with E-state index in [-0.39, 0.29) is 11.2 Å². The second kappa shape index (κ2) is 9.45. The molecule has 3 aromatic rings. The summed E-state index contributed by atoms with van der Waals surface area (Å²) in [5.74, 6) is 0.615. The van der Waals surface area contributed by atoms with Gasteiger partial charge in [0, 0.05) is 11.1 Å². The van der Waals surface area contributed by atoms with Gasteiger partial charge in [-0.2, -0.15) is 0 Å². The summed E-state index contributed by atoms with van der Waals surface area (Å²) < 4.78 is 5.77. The first-order valence-electron chi connectivity index (χ1n) is 10.3. The van der Waals surface area contributed by atoms with Crippen molar-refractivity contribution >= 4 is 17.7 Å². The van der Waals surface area contributed by atoms with Crippen molar-refractivity contribution in [2.45, 2.75) is 30.9 Å². The molecule has 0 saturated carbocycles. The van der Waals surface area contributed by atoms with Crippen molar-refractivity contribution in [3.8, 4) is 11.5 Å². The van der Waals surface area contributed by atoms with Gasteiger partial charge in [-0.3, -0.25) is 4.79 Å². The molecule has 0 radical (unpaired) electrons. The number of piperazine rings is 1. The molecule has 1 saturated heterocycles. The number of amides is 1. The van der Waals surface area contributed by atoms with Gasteiger partial charge in [0.25, 0.3) is 5.22 Å². The molecule has 7 heteroatoms. The lowest BCUT2D eigenvalue weighted by atomic mass is 10.1. The highest BCUT2D eigenvalue weighted by molar-refractivity contribution is 8.00. The van der Waals surface area contributed by atoms with Crippen LogP contribution in [0.2, 0.25) is 0 Å². The van der Waals surface area contributed by atoms with E-state index in [1.54, 1.807) is 0 Å². The van der Waals surface area contributed by atoms with Gasteiger partial charge in [0.15, 0.2) is 0 Å². The largest absolute Gasteiger partial charge is 0.411 e. The summed E-state index contributed by atoms with van der Waals surface area (Å²) in [6.07, 6.45) is 0. The Balaban J connectivity index is 1.29. The van der Waals surface area contributed by atoms with Crippen LogP contribution < -0.4 is 4.90 Å². The van der Waals surface area contributed by atoms with Crippen LogP contribution in [0.25, 0.3) is 11.5 Å². The zero-order valence-electron chi connectivity index (χ0n) is 17.4. The molecule has 156 valence electrons. The molecule has 1 aliphatic heterocycles. The number of aryl methyl sites for hydroxylation is 1. The first kappa shape index (κ1) is 20.6. The van der Waals surface area contributed by atoms with E-state index < -0.39 is 0 Å². The summed E-state index contributed by atoms with van der Waals surface area (Å²) in [7, 11) is 0. The maximum atomic E-state index is 12.9. The number of quaternary nitrogens is 1. The fourth-order valence-corrected chi connectivity index (χ4v) is 4.40. The number of benzene rings is 2.